The fraction of sp³-hybridized carbons (Fsp3) is 0.600. The maximum absolute atomic E-state index is 5.97. The molecule has 1 rings (SSSR count). The predicted octanol–water partition coefficient (Wildman–Crippen LogP) is 3.55. The summed E-state index contributed by atoms with van der Waals surface area (Å²) in [7, 11) is 0. The van der Waals surface area contributed by atoms with Crippen LogP contribution in [0.1, 0.15) is 26.6 Å². The number of nitrogens with one attached hydrogen (secondary N) is 1. The van der Waals surface area contributed by atoms with Gasteiger partial charge in [0, 0.05) is 6.54 Å². The molecule has 84 valence electrons. The lowest BCUT2D eigenvalue weighted by Crippen LogP contribution is -2.19. The summed E-state index contributed by atoms with van der Waals surface area (Å²) in [5.41, 5.74) is 0.760. The minimum Gasteiger partial charge on any atom is -0.380 e. The molecule has 0 saturated carbocycles. The lowest BCUT2D eigenvalue weighted by atomic mass is 9.97. The van der Waals surface area contributed by atoms with Crippen LogP contribution in [0.3, 0.4) is 0 Å². The highest BCUT2D eigenvalue weighted by Gasteiger charge is 2.14. The number of aromatic nitrogens is 2. The first-order chi connectivity index (χ1) is 6.79. The largest absolute Gasteiger partial charge is 0.380 e. The maximum atomic E-state index is 5.97. The van der Waals surface area contributed by atoms with Crippen LogP contribution in [-0.2, 0) is 0 Å². The summed E-state index contributed by atoms with van der Waals surface area (Å²) in [5.74, 6) is 0.575. The average Bonchev–Trinajstić information content (AvgIpc) is 1.99. The third kappa shape index (κ3) is 3.84. The SMILES string of the molecule is Cc1nc(Cl)c(NCC(C)(C)C)c(Cl)n1. The molecule has 0 aromatic carbocycles. The highest BCUT2D eigenvalue weighted by molar-refractivity contribution is 6.37. The zero-order valence-electron chi connectivity index (χ0n) is 9.36. The molecule has 0 unspecified atom stereocenters. The molecule has 5 heteroatoms. The first kappa shape index (κ1) is 12.5. The monoisotopic (exact) mass is 247 g/mol. The standard InChI is InChI=1S/C10H15Cl2N3/c1-6-14-8(11)7(9(12)15-6)13-5-10(2,3)4/h13H,5H2,1-4H3. The minimum atomic E-state index is 0.150. The van der Waals surface area contributed by atoms with E-state index < -0.39 is 0 Å². The van der Waals surface area contributed by atoms with E-state index in [4.69, 9.17) is 23.2 Å². The summed E-state index contributed by atoms with van der Waals surface area (Å²) in [5, 5.41) is 3.90. The third-order valence-electron chi connectivity index (χ3n) is 1.73. The van der Waals surface area contributed by atoms with Gasteiger partial charge in [-0.3, -0.25) is 0 Å². The van der Waals surface area contributed by atoms with E-state index in [0.29, 0.717) is 21.8 Å². The van der Waals surface area contributed by atoms with Crippen molar-refractivity contribution < 1.29 is 0 Å². The fourth-order valence-electron chi connectivity index (χ4n) is 1.01. The van der Waals surface area contributed by atoms with Gasteiger partial charge < -0.3 is 5.32 Å². The van der Waals surface area contributed by atoms with Crippen molar-refractivity contribution >= 4 is 28.9 Å². The number of anilines is 1. The van der Waals surface area contributed by atoms with Gasteiger partial charge in [-0.15, -0.1) is 0 Å². The van der Waals surface area contributed by atoms with E-state index in [1.807, 2.05) is 0 Å². The topological polar surface area (TPSA) is 37.8 Å². The van der Waals surface area contributed by atoms with Crippen LogP contribution in [0, 0.1) is 12.3 Å². The van der Waals surface area contributed by atoms with E-state index in [1.165, 1.54) is 0 Å². The van der Waals surface area contributed by atoms with Crippen LogP contribution >= 0.6 is 23.2 Å². The first-order valence-corrected chi connectivity index (χ1v) is 5.49. The van der Waals surface area contributed by atoms with Gasteiger partial charge in [0.25, 0.3) is 0 Å². The summed E-state index contributed by atoms with van der Waals surface area (Å²) >= 11 is 11.9. The number of hydrogen-bond acceptors (Lipinski definition) is 3. The highest BCUT2D eigenvalue weighted by atomic mass is 35.5. The zero-order valence-corrected chi connectivity index (χ0v) is 10.9. The van der Waals surface area contributed by atoms with Crippen molar-refractivity contribution in [2.75, 3.05) is 11.9 Å². The molecule has 0 radical (unpaired) electrons. The summed E-state index contributed by atoms with van der Waals surface area (Å²) < 4.78 is 0. The normalized spacial score (nSPS) is 11.6. The van der Waals surface area contributed by atoms with E-state index >= 15 is 0 Å². The number of halogens is 2. The van der Waals surface area contributed by atoms with E-state index in [2.05, 4.69) is 36.1 Å². The Morgan fingerprint density at radius 3 is 2.00 bits per heavy atom. The quantitative estimate of drug-likeness (QED) is 0.813. The molecular formula is C10H15Cl2N3. The molecule has 0 aliphatic heterocycles. The number of nitrogens with zero attached hydrogens (tertiary/aromatic N) is 2. The molecule has 0 spiro atoms. The summed E-state index contributed by atoms with van der Waals surface area (Å²) in [4.78, 5) is 8.08. The first-order valence-electron chi connectivity index (χ1n) is 4.73. The molecule has 1 aromatic heterocycles. The van der Waals surface area contributed by atoms with Crippen LogP contribution < -0.4 is 5.32 Å². The second-order valence-corrected chi connectivity index (χ2v) is 5.36. The van der Waals surface area contributed by atoms with E-state index in [-0.39, 0.29) is 5.41 Å². The Balaban J connectivity index is 2.86. The lowest BCUT2D eigenvalue weighted by molar-refractivity contribution is 0.443. The van der Waals surface area contributed by atoms with Crippen molar-refractivity contribution in [3.8, 4) is 0 Å². The van der Waals surface area contributed by atoms with E-state index in [1.54, 1.807) is 6.92 Å². The Morgan fingerprint density at radius 1 is 1.13 bits per heavy atom. The van der Waals surface area contributed by atoms with Crippen molar-refractivity contribution in [1.29, 1.82) is 0 Å². The molecule has 1 N–H and O–H groups in total. The van der Waals surface area contributed by atoms with Crippen LogP contribution in [-0.4, -0.2) is 16.5 Å². The number of aryl methyl sites for hydroxylation is 1. The lowest BCUT2D eigenvalue weighted by Gasteiger charge is -2.20. The van der Waals surface area contributed by atoms with Gasteiger partial charge in [-0.25, -0.2) is 9.97 Å². The molecule has 1 aromatic rings. The zero-order chi connectivity index (χ0) is 11.6. The van der Waals surface area contributed by atoms with Crippen molar-refractivity contribution in [3.63, 3.8) is 0 Å². The third-order valence-corrected chi connectivity index (χ3v) is 2.28. The molecule has 0 bridgehead atoms. The van der Waals surface area contributed by atoms with Crippen LogP contribution in [0.25, 0.3) is 0 Å². The molecule has 0 aliphatic carbocycles. The molecule has 0 fully saturated rings. The summed E-state index contributed by atoms with van der Waals surface area (Å²) in [6.07, 6.45) is 0. The summed E-state index contributed by atoms with van der Waals surface area (Å²) in [6.45, 7) is 8.88. The summed E-state index contributed by atoms with van der Waals surface area (Å²) in [6, 6.07) is 0. The Labute approximate surface area is 100 Å². The molecule has 0 aliphatic rings. The average molecular weight is 248 g/mol. The van der Waals surface area contributed by atoms with Gasteiger partial charge in [0.05, 0.1) is 0 Å². The van der Waals surface area contributed by atoms with Crippen LogP contribution in [0.15, 0.2) is 0 Å². The maximum Gasteiger partial charge on any atom is 0.157 e. The molecule has 15 heavy (non-hydrogen) atoms. The molecule has 1 heterocycles. The second kappa shape index (κ2) is 4.54. The molecular weight excluding hydrogens is 233 g/mol. The van der Waals surface area contributed by atoms with Gasteiger partial charge in [0.1, 0.15) is 11.5 Å². The van der Waals surface area contributed by atoms with Gasteiger partial charge in [-0.1, -0.05) is 44.0 Å². The van der Waals surface area contributed by atoms with Gasteiger partial charge >= 0.3 is 0 Å². The van der Waals surface area contributed by atoms with Gasteiger partial charge in [-0.2, -0.15) is 0 Å². The minimum absolute atomic E-state index is 0.150. The Hall–Kier alpha value is -0.540. The molecule has 0 saturated heterocycles. The molecule has 3 nitrogen and oxygen atoms in total. The van der Waals surface area contributed by atoms with Crippen molar-refractivity contribution in [2.24, 2.45) is 5.41 Å². The highest BCUT2D eigenvalue weighted by Crippen LogP contribution is 2.28. The van der Waals surface area contributed by atoms with Gasteiger partial charge in [0.15, 0.2) is 10.3 Å². The van der Waals surface area contributed by atoms with Crippen LogP contribution in [0.5, 0.6) is 0 Å². The van der Waals surface area contributed by atoms with Crippen molar-refractivity contribution in [1.82, 2.24) is 9.97 Å². The van der Waals surface area contributed by atoms with Gasteiger partial charge in [-0.05, 0) is 12.3 Å². The number of hydrogen-bond donors (Lipinski definition) is 1. The Morgan fingerprint density at radius 2 is 1.60 bits per heavy atom. The molecule has 0 atom stereocenters. The number of rotatable bonds is 2. The fourth-order valence-corrected chi connectivity index (χ4v) is 1.61. The smallest absolute Gasteiger partial charge is 0.157 e. The van der Waals surface area contributed by atoms with Crippen LogP contribution in [0.2, 0.25) is 10.3 Å². The Kier molecular flexibility index (Phi) is 3.79. The second-order valence-electron chi connectivity index (χ2n) is 4.64. The predicted molar refractivity (Wildman–Crippen MR) is 64.7 cm³/mol. The van der Waals surface area contributed by atoms with Crippen molar-refractivity contribution in [3.05, 3.63) is 16.1 Å². The van der Waals surface area contributed by atoms with Crippen LogP contribution in [0.4, 0.5) is 5.69 Å². The van der Waals surface area contributed by atoms with E-state index in [0.717, 1.165) is 6.54 Å². The van der Waals surface area contributed by atoms with Gasteiger partial charge in [0.2, 0.25) is 0 Å². The van der Waals surface area contributed by atoms with E-state index in [9.17, 15) is 0 Å². The Bertz CT molecular complexity index is 335. The van der Waals surface area contributed by atoms with Crippen molar-refractivity contribution in [2.45, 2.75) is 27.7 Å². The molecule has 0 amide bonds.